The molecule has 2 aromatic rings. The number of nitrogens with zero attached hydrogens (tertiary/aromatic N) is 2. The number of phenols is 1. The van der Waals surface area contributed by atoms with Gasteiger partial charge in [0.25, 0.3) is 0 Å². The summed E-state index contributed by atoms with van der Waals surface area (Å²) in [6.45, 7) is 4.81. The van der Waals surface area contributed by atoms with Crippen molar-refractivity contribution in [3.8, 4) is 5.75 Å². The predicted molar refractivity (Wildman–Crippen MR) is 71.3 cm³/mol. The quantitative estimate of drug-likeness (QED) is 0.869. The van der Waals surface area contributed by atoms with Crippen molar-refractivity contribution in [2.24, 2.45) is 7.05 Å². The Morgan fingerprint density at radius 2 is 2.22 bits per heavy atom. The second kappa shape index (κ2) is 5.23. The van der Waals surface area contributed by atoms with Crippen LogP contribution in [0.2, 0.25) is 0 Å². The first-order chi connectivity index (χ1) is 8.56. The van der Waals surface area contributed by atoms with Gasteiger partial charge in [0, 0.05) is 37.0 Å². The molecule has 4 nitrogen and oxygen atoms in total. The van der Waals surface area contributed by atoms with E-state index >= 15 is 0 Å². The summed E-state index contributed by atoms with van der Waals surface area (Å²) in [4.78, 5) is 0. The fourth-order valence-corrected chi connectivity index (χ4v) is 1.96. The molecular weight excluding hydrogens is 226 g/mol. The van der Waals surface area contributed by atoms with E-state index in [0.29, 0.717) is 5.75 Å². The smallest absolute Gasteiger partial charge is 0.120 e. The lowest BCUT2D eigenvalue weighted by atomic mass is 10.0. The van der Waals surface area contributed by atoms with Gasteiger partial charge in [-0.2, -0.15) is 5.10 Å². The Balaban J connectivity index is 2.03. The average molecular weight is 245 g/mol. The van der Waals surface area contributed by atoms with Gasteiger partial charge in [-0.05, 0) is 19.9 Å². The third-order valence-corrected chi connectivity index (χ3v) is 3.02. The van der Waals surface area contributed by atoms with Crippen LogP contribution in [0.5, 0.6) is 5.75 Å². The molecule has 0 fully saturated rings. The third kappa shape index (κ3) is 2.90. The summed E-state index contributed by atoms with van der Waals surface area (Å²) in [5, 5.41) is 17.4. The zero-order chi connectivity index (χ0) is 13.1. The molecule has 96 valence electrons. The number of aromatic hydroxyl groups is 1. The van der Waals surface area contributed by atoms with Gasteiger partial charge in [0.05, 0.1) is 6.20 Å². The van der Waals surface area contributed by atoms with Gasteiger partial charge in [-0.1, -0.05) is 17.7 Å². The van der Waals surface area contributed by atoms with E-state index in [9.17, 15) is 5.11 Å². The maximum Gasteiger partial charge on any atom is 0.120 e. The molecule has 0 amide bonds. The monoisotopic (exact) mass is 245 g/mol. The first kappa shape index (κ1) is 12.6. The summed E-state index contributed by atoms with van der Waals surface area (Å²) in [5.41, 5.74) is 3.22. The molecule has 2 N–H and O–H groups in total. The van der Waals surface area contributed by atoms with Gasteiger partial charge in [0.2, 0.25) is 0 Å². The van der Waals surface area contributed by atoms with Gasteiger partial charge in [0.1, 0.15) is 5.75 Å². The number of hydrogen-bond acceptors (Lipinski definition) is 3. The number of hydrogen-bond donors (Lipinski definition) is 2. The van der Waals surface area contributed by atoms with Crippen molar-refractivity contribution in [3.05, 3.63) is 47.3 Å². The molecule has 0 aliphatic carbocycles. The average Bonchev–Trinajstić information content (AvgIpc) is 2.75. The lowest BCUT2D eigenvalue weighted by Gasteiger charge is -2.15. The number of aromatic nitrogens is 2. The Kier molecular flexibility index (Phi) is 3.67. The zero-order valence-electron chi connectivity index (χ0n) is 11.0. The molecule has 0 aliphatic heterocycles. The minimum Gasteiger partial charge on any atom is -0.508 e. The van der Waals surface area contributed by atoms with E-state index in [1.807, 2.05) is 45.4 Å². The molecule has 1 aromatic heterocycles. The van der Waals surface area contributed by atoms with Gasteiger partial charge in [-0.25, -0.2) is 0 Å². The van der Waals surface area contributed by atoms with Crippen LogP contribution in [0, 0.1) is 6.92 Å². The predicted octanol–water partition coefficient (Wildman–Crippen LogP) is 2.28. The van der Waals surface area contributed by atoms with Gasteiger partial charge in [-0.3, -0.25) is 4.68 Å². The van der Waals surface area contributed by atoms with Crippen molar-refractivity contribution in [3.63, 3.8) is 0 Å². The van der Waals surface area contributed by atoms with E-state index in [-0.39, 0.29) is 6.04 Å². The van der Waals surface area contributed by atoms with E-state index in [1.165, 1.54) is 0 Å². The summed E-state index contributed by atoms with van der Waals surface area (Å²) in [6.07, 6.45) is 3.83. The SMILES string of the molecule is Cc1ccc(O)c(C(C)NCc2cnn(C)c2)c1. The van der Waals surface area contributed by atoms with Crippen LogP contribution in [0.25, 0.3) is 0 Å². The highest BCUT2D eigenvalue weighted by Crippen LogP contribution is 2.25. The summed E-state index contributed by atoms with van der Waals surface area (Å²) >= 11 is 0. The highest BCUT2D eigenvalue weighted by atomic mass is 16.3. The first-order valence-corrected chi connectivity index (χ1v) is 6.06. The Bertz CT molecular complexity index is 534. The highest BCUT2D eigenvalue weighted by Gasteiger charge is 2.10. The molecule has 1 heterocycles. The number of rotatable bonds is 4. The fraction of sp³-hybridized carbons (Fsp3) is 0.357. The zero-order valence-corrected chi connectivity index (χ0v) is 11.0. The molecule has 0 saturated heterocycles. The molecule has 0 radical (unpaired) electrons. The van der Waals surface area contributed by atoms with E-state index in [0.717, 1.165) is 23.2 Å². The highest BCUT2D eigenvalue weighted by molar-refractivity contribution is 5.37. The standard InChI is InChI=1S/C14H19N3O/c1-10-4-5-14(18)13(6-10)11(2)15-7-12-8-16-17(3)9-12/h4-6,8-9,11,15,18H,7H2,1-3H3. The topological polar surface area (TPSA) is 50.1 Å². The fourth-order valence-electron chi connectivity index (χ4n) is 1.96. The van der Waals surface area contributed by atoms with Crippen LogP contribution in [0.3, 0.4) is 0 Å². The largest absolute Gasteiger partial charge is 0.508 e. The maximum atomic E-state index is 9.85. The van der Waals surface area contributed by atoms with Crippen LogP contribution in [-0.4, -0.2) is 14.9 Å². The second-order valence-electron chi connectivity index (χ2n) is 4.69. The van der Waals surface area contributed by atoms with Crippen LogP contribution < -0.4 is 5.32 Å². The van der Waals surface area contributed by atoms with E-state index in [2.05, 4.69) is 10.4 Å². The molecule has 1 atom stereocenters. The number of phenolic OH excluding ortho intramolecular Hbond substituents is 1. The summed E-state index contributed by atoms with van der Waals surface area (Å²) in [7, 11) is 1.90. The lowest BCUT2D eigenvalue weighted by molar-refractivity contribution is 0.452. The third-order valence-electron chi connectivity index (χ3n) is 3.02. The Hall–Kier alpha value is -1.81. The van der Waals surface area contributed by atoms with Crippen molar-refractivity contribution in [2.45, 2.75) is 26.4 Å². The number of nitrogens with one attached hydrogen (secondary N) is 1. The molecule has 2 rings (SSSR count). The van der Waals surface area contributed by atoms with Crippen LogP contribution in [-0.2, 0) is 13.6 Å². The number of benzene rings is 1. The summed E-state index contributed by atoms with van der Waals surface area (Å²) in [6, 6.07) is 5.76. The lowest BCUT2D eigenvalue weighted by Crippen LogP contribution is -2.18. The van der Waals surface area contributed by atoms with E-state index in [1.54, 1.807) is 10.7 Å². The first-order valence-electron chi connectivity index (χ1n) is 6.06. The van der Waals surface area contributed by atoms with Crippen molar-refractivity contribution in [1.29, 1.82) is 0 Å². The molecule has 0 bridgehead atoms. The van der Waals surface area contributed by atoms with Crippen LogP contribution in [0.1, 0.15) is 29.7 Å². The Morgan fingerprint density at radius 3 is 2.89 bits per heavy atom. The van der Waals surface area contributed by atoms with E-state index < -0.39 is 0 Å². The van der Waals surface area contributed by atoms with Crippen molar-refractivity contribution < 1.29 is 5.11 Å². The normalized spacial score (nSPS) is 12.6. The van der Waals surface area contributed by atoms with Crippen molar-refractivity contribution >= 4 is 0 Å². The minimum absolute atomic E-state index is 0.102. The van der Waals surface area contributed by atoms with Crippen molar-refractivity contribution in [2.75, 3.05) is 0 Å². The minimum atomic E-state index is 0.102. The molecule has 0 saturated carbocycles. The molecule has 0 aliphatic rings. The van der Waals surface area contributed by atoms with Crippen LogP contribution >= 0.6 is 0 Å². The molecule has 0 spiro atoms. The van der Waals surface area contributed by atoms with Crippen LogP contribution in [0.4, 0.5) is 0 Å². The summed E-state index contributed by atoms with van der Waals surface area (Å²) in [5.74, 6) is 0.340. The summed E-state index contributed by atoms with van der Waals surface area (Å²) < 4.78 is 1.78. The second-order valence-corrected chi connectivity index (χ2v) is 4.69. The Labute approximate surface area is 107 Å². The van der Waals surface area contributed by atoms with Gasteiger partial charge >= 0.3 is 0 Å². The number of aryl methyl sites for hydroxylation is 2. The van der Waals surface area contributed by atoms with Gasteiger partial charge in [-0.15, -0.1) is 0 Å². The van der Waals surface area contributed by atoms with Gasteiger partial charge < -0.3 is 10.4 Å². The molecule has 18 heavy (non-hydrogen) atoms. The molecule has 4 heteroatoms. The van der Waals surface area contributed by atoms with Gasteiger partial charge in [0.15, 0.2) is 0 Å². The van der Waals surface area contributed by atoms with Crippen LogP contribution in [0.15, 0.2) is 30.6 Å². The van der Waals surface area contributed by atoms with Crippen molar-refractivity contribution in [1.82, 2.24) is 15.1 Å². The van der Waals surface area contributed by atoms with E-state index in [4.69, 9.17) is 0 Å². The molecular formula is C14H19N3O. The molecule has 1 unspecified atom stereocenters. The maximum absolute atomic E-state index is 9.85. The Morgan fingerprint density at radius 1 is 1.44 bits per heavy atom. The molecule has 1 aromatic carbocycles.